The molecule has 0 aromatic heterocycles. The van der Waals surface area contributed by atoms with E-state index in [4.69, 9.17) is 17.3 Å². The van der Waals surface area contributed by atoms with Crippen LogP contribution in [0.5, 0.6) is 5.75 Å². The summed E-state index contributed by atoms with van der Waals surface area (Å²) in [6.45, 7) is -1.12. The quantitative estimate of drug-likeness (QED) is 0.787. The molecule has 5 nitrogen and oxygen atoms in total. The SMILES string of the molecule is CC(CN)(NS(=O)(=O)c1ccc(OC(F)F)c(Cl)c1)C1CC1. The van der Waals surface area contributed by atoms with Crippen LogP contribution >= 0.6 is 11.6 Å². The van der Waals surface area contributed by atoms with Gasteiger partial charge in [0.15, 0.2) is 0 Å². The van der Waals surface area contributed by atoms with Gasteiger partial charge in [0.25, 0.3) is 0 Å². The van der Waals surface area contributed by atoms with E-state index in [0.29, 0.717) is 0 Å². The third-order valence-electron chi connectivity index (χ3n) is 3.70. The Hall–Kier alpha value is -0.960. The second-order valence-electron chi connectivity index (χ2n) is 5.47. The minimum Gasteiger partial charge on any atom is -0.433 e. The van der Waals surface area contributed by atoms with Crippen LogP contribution in [0.4, 0.5) is 8.78 Å². The lowest BCUT2D eigenvalue weighted by Gasteiger charge is -2.29. The fourth-order valence-electron chi connectivity index (χ4n) is 2.22. The van der Waals surface area contributed by atoms with Crippen LogP contribution in [0.15, 0.2) is 23.1 Å². The Morgan fingerprint density at radius 3 is 2.59 bits per heavy atom. The molecule has 0 aliphatic heterocycles. The maximum Gasteiger partial charge on any atom is 0.387 e. The second kappa shape index (κ2) is 6.27. The molecule has 1 saturated carbocycles. The minimum absolute atomic E-state index is 0.126. The molecular weight excluding hydrogens is 338 g/mol. The number of alkyl halides is 2. The van der Waals surface area contributed by atoms with Gasteiger partial charge in [-0.15, -0.1) is 0 Å². The molecule has 1 aromatic rings. The Morgan fingerprint density at radius 2 is 2.14 bits per heavy atom. The molecule has 1 fully saturated rings. The van der Waals surface area contributed by atoms with Gasteiger partial charge in [-0.1, -0.05) is 11.6 Å². The third-order valence-corrected chi connectivity index (χ3v) is 5.60. The molecule has 0 radical (unpaired) electrons. The first-order chi connectivity index (χ1) is 10.2. The zero-order valence-electron chi connectivity index (χ0n) is 11.9. The molecule has 124 valence electrons. The van der Waals surface area contributed by atoms with Gasteiger partial charge in [0.1, 0.15) is 5.75 Å². The molecule has 9 heteroatoms. The Labute approximate surface area is 132 Å². The molecular formula is C13H17ClF2N2O3S. The molecule has 1 aromatic carbocycles. The normalized spacial score (nSPS) is 18.3. The number of ether oxygens (including phenoxy) is 1. The summed E-state index contributed by atoms with van der Waals surface area (Å²) in [5, 5.41) is -0.205. The van der Waals surface area contributed by atoms with Gasteiger partial charge in [0, 0.05) is 12.1 Å². The molecule has 1 unspecified atom stereocenters. The van der Waals surface area contributed by atoms with E-state index in [1.54, 1.807) is 6.92 Å². The van der Waals surface area contributed by atoms with Gasteiger partial charge in [-0.25, -0.2) is 13.1 Å². The van der Waals surface area contributed by atoms with Crippen molar-refractivity contribution in [2.75, 3.05) is 6.54 Å². The number of halogens is 3. The first-order valence-corrected chi connectivity index (χ1v) is 8.52. The Bertz CT molecular complexity index is 653. The summed E-state index contributed by atoms with van der Waals surface area (Å²) in [4.78, 5) is -0.126. The van der Waals surface area contributed by atoms with Crippen molar-refractivity contribution in [1.29, 1.82) is 0 Å². The smallest absolute Gasteiger partial charge is 0.387 e. The van der Waals surface area contributed by atoms with Gasteiger partial charge in [0.05, 0.1) is 9.92 Å². The number of hydrogen-bond donors (Lipinski definition) is 2. The number of benzene rings is 1. The fraction of sp³-hybridized carbons (Fsp3) is 0.538. The van der Waals surface area contributed by atoms with Crippen molar-refractivity contribution < 1.29 is 21.9 Å². The molecule has 0 heterocycles. The van der Waals surface area contributed by atoms with Gasteiger partial charge in [0.2, 0.25) is 10.0 Å². The Kier molecular flexibility index (Phi) is 4.96. The molecule has 22 heavy (non-hydrogen) atoms. The number of rotatable bonds is 7. The summed E-state index contributed by atoms with van der Waals surface area (Å²) in [5.41, 5.74) is 4.95. The van der Waals surface area contributed by atoms with Gasteiger partial charge >= 0.3 is 6.61 Å². The third kappa shape index (κ3) is 3.87. The minimum atomic E-state index is -3.86. The Morgan fingerprint density at radius 1 is 1.50 bits per heavy atom. The summed E-state index contributed by atoms with van der Waals surface area (Å²) in [7, 11) is -3.86. The van der Waals surface area contributed by atoms with Crippen LogP contribution in [-0.4, -0.2) is 27.1 Å². The summed E-state index contributed by atoms with van der Waals surface area (Å²) in [6, 6.07) is 3.33. The fourth-order valence-corrected chi connectivity index (χ4v) is 4.01. The number of nitrogens with two attached hydrogens (primary N) is 1. The average molecular weight is 355 g/mol. The van der Waals surface area contributed by atoms with Crippen molar-refractivity contribution in [3.05, 3.63) is 23.2 Å². The van der Waals surface area contributed by atoms with E-state index in [2.05, 4.69) is 9.46 Å². The van der Waals surface area contributed by atoms with Crippen LogP contribution in [0.3, 0.4) is 0 Å². The molecule has 1 atom stereocenters. The number of nitrogens with one attached hydrogen (secondary N) is 1. The van der Waals surface area contributed by atoms with Crippen molar-refractivity contribution in [1.82, 2.24) is 4.72 Å². The van der Waals surface area contributed by atoms with Crippen LogP contribution in [0.2, 0.25) is 5.02 Å². The highest BCUT2D eigenvalue weighted by Crippen LogP contribution is 2.40. The zero-order valence-corrected chi connectivity index (χ0v) is 13.4. The highest BCUT2D eigenvalue weighted by molar-refractivity contribution is 7.89. The van der Waals surface area contributed by atoms with E-state index in [1.807, 2.05) is 0 Å². The highest BCUT2D eigenvalue weighted by atomic mass is 35.5. The van der Waals surface area contributed by atoms with E-state index >= 15 is 0 Å². The molecule has 3 N–H and O–H groups in total. The molecule has 0 bridgehead atoms. The van der Waals surface area contributed by atoms with Gasteiger partial charge in [-0.2, -0.15) is 8.78 Å². The first-order valence-electron chi connectivity index (χ1n) is 6.66. The van der Waals surface area contributed by atoms with Gasteiger partial charge in [-0.3, -0.25) is 0 Å². The lowest BCUT2D eigenvalue weighted by molar-refractivity contribution is -0.0498. The van der Waals surface area contributed by atoms with Crippen molar-refractivity contribution in [3.8, 4) is 5.75 Å². The van der Waals surface area contributed by atoms with E-state index in [1.165, 1.54) is 0 Å². The number of sulfonamides is 1. The predicted molar refractivity (Wildman–Crippen MR) is 78.6 cm³/mol. The van der Waals surface area contributed by atoms with Crippen LogP contribution in [0.1, 0.15) is 19.8 Å². The summed E-state index contributed by atoms with van der Waals surface area (Å²) in [6.07, 6.45) is 1.83. The van der Waals surface area contributed by atoms with Crippen molar-refractivity contribution >= 4 is 21.6 Å². The van der Waals surface area contributed by atoms with Crippen LogP contribution < -0.4 is 15.2 Å². The van der Waals surface area contributed by atoms with Crippen LogP contribution in [0, 0.1) is 5.92 Å². The second-order valence-corrected chi connectivity index (χ2v) is 7.56. The van der Waals surface area contributed by atoms with E-state index in [0.717, 1.165) is 31.0 Å². The largest absolute Gasteiger partial charge is 0.433 e. The molecule has 0 amide bonds. The average Bonchev–Trinajstić information content (AvgIpc) is 3.24. The molecule has 0 saturated heterocycles. The maximum atomic E-state index is 12.4. The highest BCUT2D eigenvalue weighted by Gasteiger charge is 2.43. The zero-order chi connectivity index (χ0) is 16.5. The van der Waals surface area contributed by atoms with E-state index < -0.39 is 22.2 Å². The molecule has 0 spiro atoms. The lowest BCUT2D eigenvalue weighted by Crippen LogP contribution is -2.52. The van der Waals surface area contributed by atoms with Crippen molar-refractivity contribution in [3.63, 3.8) is 0 Å². The van der Waals surface area contributed by atoms with Gasteiger partial charge < -0.3 is 10.5 Å². The maximum absolute atomic E-state index is 12.4. The summed E-state index contributed by atoms with van der Waals surface area (Å²) < 4.78 is 55.9. The Balaban J connectivity index is 2.24. The molecule has 1 aliphatic rings. The lowest BCUT2D eigenvalue weighted by atomic mass is 9.98. The van der Waals surface area contributed by atoms with Crippen molar-refractivity contribution in [2.24, 2.45) is 11.7 Å². The number of hydrogen-bond acceptors (Lipinski definition) is 4. The van der Waals surface area contributed by atoms with E-state index in [-0.39, 0.29) is 28.1 Å². The predicted octanol–water partition coefficient (Wildman–Crippen LogP) is 2.35. The van der Waals surface area contributed by atoms with Crippen LogP contribution in [0.25, 0.3) is 0 Å². The van der Waals surface area contributed by atoms with E-state index in [9.17, 15) is 17.2 Å². The van der Waals surface area contributed by atoms with Crippen LogP contribution in [-0.2, 0) is 10.0 Å². The standard InChI is InChI=1S/C13H17ClF2N2O3S/c1-13(7-17,8-2-3-8)18-22(19,20)9-4-5-11(10(14)6-9)21-12(15)16/h4-6,8,12,18H,2-3,7,17H2,1H3. The van der Waals surface area contributed by atoms with Gasteiger partial charge in [-0.05, 0) is 43.9 Å². The van der Waals surface area contributed by atoms with Crippen molar-refractivity contribution in [2.45, 2.75) is 36.8 Å². The summed E-state index contributed by atoms with van der Waals surface area (Å²) in [5.74, 6) is -0.0800. The molecule has 1 aliphatic carbocycles. The first kappa shape index (κ1) is 17.4. The topological polar surface area (TPSA) is 81.4 Å². The summed E-state index contributed by atoms with van der Waals surface area (Å²) >= 11 is 5.78. The monoisotopic (exact) mass is 354 g/mol. The molecule has 2 rings (SSSR count).